The Bertz CT molecular complexity index is 1110. The maximum atomic E-state index is 13.7. The first-order chi connectivity index (χ1) is 13.4. The summed E-state index contributed by atoms with van der Waals surface area (Å²) >= 11 is 0. The fourth-order valence-electron chi connectivity index (χ4n) is 3.94. The molecule has 0 saturated carbocycles. The molecule has 3 aromatic carbocycles. The van der Waals surface area contributed by atoms with Gasteiger partial charge < -0.3 is 5.11 Å². The van der Waals surface area contributed by atoms with Crippen molar-refractivity contribution in [2.24, 2.45) is 5.92 Å². The van der Waals surface area contributed by atoms with Crippen molar-refractivity contribution in [2.75, 3.05) is 4.31 Å². The first kappa shape index (κ1) is 18.6. The molecule has 2 atom stereocenters. The normalized spacial score (nSPS) is 16.9. The lowest BCUT2D eigenvalue weighted by molar-refractivity contribution is 0.449. The maximum absolute atomic E-state index is 13.7. The number of para-hydroxylation sites is 1. The number of fused-ring (bicyclic) bond motifs is 3. The van der Waals surface area contributed by atoms with Gasteiger partial charge in [0.2, 0.25) is 0 Å². The van der Waals surface area contributed by atoms with Crippen molar-refractivity contribution in [3.63, 3.8) is 0 Å². The highest BCUT2D eigenvalue weighted by molar-refractivity contribution is 7.92. The van der Waals surface area contributed by atoms with E-state index >= 15 is 0 Å². The molecule has 0 spiro atoms. The third-order valence-corrected chi connectivity index (χ3v) is 7.35. The Balaban J connectivity index is 2.00. The van der Waals surface area contributed by atoms with Gasteiger partial charge in [-0.15, -0.1) is 0 Å². The lowest BCUT2D eigenvalue weighted by atomic mass is 9.83. The van der Waals surface area contributed by atoms with E-state index in [9.17, 15) is 13.5 Å². The molecule has 0 saturated heterocycles. The topological polar surface area (TPSA) is 57.6 Å². The van der Waals surface area contributed by atoms with Gasteiger partial charge in [0.15, 0.2) is 0 Å². The minimum absolute atomic E-state index is 0.0433. The van der Waals surface area contributed by atoms with E-state index in [4.69, 9.17) is 0 Å². The summed E-state index contributed by atoms with van der Waals surface area (Å²) < 4.78 is 29.1. The van der Waals surface area contributed by atoms with E-state index < -0.39 is 10.0 Å². The van der Waals surface area contributed by atoms with E-state index in [1.807, 2.05) is 42.5 Å². The molecule has 144 valence electrons. The maximum Gasteiger partial charge on any atom is 0.264 e. The molecular weight excluding hydrogens is 370 g/mol. The van der Waals surface area contributed by atoms with Crippen LogP contribution in [0.2, 0.25) is 0 Å². The highest BCUT2D eigenvalue weighted by Crippen LogP contribution is 2.50. The van der Waals surface area contributed by atoms with Gasteiger partial charge in [0.25, 0.3) is 10.0 Å². The third-order valence-electron chi connectivity index (χ3n) is 5.54. The third kappa shape index (κ3) is 2.87. The van der Waals surface area contributed by atoms with Gasteiger partial charge in [-0.05, 0) is 47.4 Å². The number of nitrogens with zero attached hydrogens (tertiary/aromatic N) is 1. The molecular formula is C23H23NO3S. The number of anilines is 1. The summed E-state index contributed by atoms with van der Waals surface area (Å²) in [5, 5.41) is 9.59. The molecule has 0 fully saturated rings. The number of sulfonamides is 1. The molecule has 0 amide bonds. The zero-order valence-electron chi connectivity index (χ0n) is 15.9. The van der Waals surface area contributed by atoms with E-state index in [-0.39, 0.29) is 22.6 Å². The molecule has 0 aromatic heterocycles. The van der Waals surface area contributed by atoms with Gasteiger partial charge in [-0.1, -0.05) is 62.7 Å². The summed E-state index contributed by atoms with van der Waals surface area (Å²) in [5.41, 5.74) is 3.72. The number of hydrogen-bond donors (Lipinski definition) is 1. The van der Waals surface area contributed by atoms with Crippen molar-refractivity contribution in [1.29, 1.82) is 0 Å². The molecule has 4 nitrogen and oxygen atoms in total. The van der Waals surface area contributed by atoms with Crippen molar-refractivity contribution in [1.82, 2.24) is 0 Å². The SMILES string of the molecule is CC[C@@H](C)C1c2ccccc2-c2ccccc2N1S(=O)(=O)c1ccc(O)cc1. The second kappa shape index (κ2) is 6.99. The van der Waals surface area contributed by atoms with Gasteiger partial charge >= 0.3 is 0 Å². The molecule has 0 aliphatic carbocycles. The van der Waals surface area contributed by atoms with Crippen LogP contribution in [-0.4, -0.2) is 13.5 Å². The van der Waals surface area contributed by atoms with Crippen LogP contribution in [0.1, 0.15) is 31.9 Å². The van der Waals surface area contributed by atoms with Crippen LogP contribution in [0, 0.1) is 5.92 Å². The van der Waals surface area contributed by atoms with E-state index in [0.29, 0.717) is 5.69 Å². The molecule has 0 radical (unpaired) electrons. The monoisotopic (exact) mass is 393 g/mol. The standard InChI is InChI=1S/C23H23NO3S/c1-3-16(2)23-21-10-5-4-8-19(21)20-9-6-7-11-22(20)24(23)28(26,27)18-14-12-17(25)13-15-18/h4-16,23,25H,3H2,1-2H3/t16-,23?/m1/s1. The van der Waals surface area contributed by atoms with Crippen LogP contribution in [0.5, 0.6) is 5.75 Å². The molecule has 1 aliphatic rings. The van der Waals surface area contributed by atoms with Gasteiger partial charge in [-0.3, -0.25) is 4.31 Å². The van der Waals surface area contributed by atoms with Crippen LogP contribution in [-0.2, 0) is 10.0 Å². The molecule has 1 heterocycles. The van der Waals surface area contributed by atoms with Crippen LogP contribution in [0.15, 0.2) is 77.7 Å². The zero-order chi connectivity index (χ0) is 19.9. The molecule has 3 aromatic rings. The lowest BCUT2D eigenvalue weighted by Gasteiger charge is -2.42. The number of rotatable bonds is 4. The number of hydrogen-bond acceptors (Lipinski definition) is 3. The minimum atomic E-state index is -3.82. The predicted octanol–water partition coefficient (Wildman–Crippen LogP) is 5.36. The molecule has 0 bridgehead atoms. The van der Waals surface area contributed by atoms with Gasteiger partial charge in [0.1, 0.15) is 5.75 Å². The van der Waals surface area contributed by atoms with Gasteiger partial charge in [-0.25, -0.2) is 8.42 Å². The van der Waals surface area contributed by atoms with E-state index in [0.717, 1.165) is 23.1 Å². The largest absolute Gasteiger partial charge is 0.508 e. The summed E-state index contributed by atoms with van der Waals surface area (Å²) in [7, 11) is -3.82. The number of aromatic hydroxyl groups is 1. The Kier molecular flexibility index (Phi) is 4.63. The smallest absolute Gasteiger partial charge is 0.264 e. The summed E-state index contributed by atoms with van der Waals surface area (Å²) in [6.45, 7) is 4.17. The highest BCUT2D eigenvalue weighted by atomic mass is 32.2. The van der Waals surface area contributed by atoms with Crippen molar-refractivity contribution in [2.45, 2.75) is 31.2 Å². The summed E-state index contributed by atoms with van der Waals surface area (Å²) in [6.07, 6.45) is 0.850. The van der Waals surface area contributed by atoms with Gasteiger partial charge in [0.05, 0.1) is 16.6 Å². The number of phenolic OH excluding ortho intramolecular Hbond substituents is 1. The highest BCUT2D eigenvalue weighted by Gasteiger charge is 2.40. The molecule has 1 N–H and O–H groups in total. The predicted molar refractivity (Wildman–Crippen MR) is 112 cm³/mol. The quantitative estimate of drug-likeness (QED) is 0.649. The van der Waals surface area contributed by atoms with Crippen LogP contribution in [0.4, 0.5) is 5.69 Å². The summed E-state index contributed by atoms with van der Waals surface area (Å²) in [4.78, 5) is 0.174. The van der Waals surface area contributed by atoms with E-state index in [1.54, 1.807) is 4.31 Å². The zero-order valence-corrected chi connectivity index (χ0v) is 16.7. The van der Waals surface area contributed by atoms with Gasteiger partial charge in [0, 0.05) is 5.56 Å². The second-order valence-corrected chi connectivity index (χ2v) is 9.04. The van der Waals surface area contributed by atoms with Crippen molar-refractivity contribution in [3.8, 4) is 16.9 Å². The van der Waals surface area contributed by atoms with E-state index in [2.05, 4.69) is 19.9 Å². The Morgan fingerprint density at radius 2 is 1.54 bits per heavy atom. The Morgan fingerprint density at radius 3 is 2.21 bits per heavy atom. The van der Waals surface area contributed by atoms with Crippen molar-refractivity contribution >= 4 is 15.7 Å². The first-order valence-electron chi connectivity index (χ1n) is 9.47. The van der Waals surface area contributed by atoms with Crippen LogP contribution >= 0.6 is 0 Å². The first-order valence-corrected chi connectivity index (χ1v) is 10.9. The molecule has 1 unspecified atom stereocenters. The minimum Gasteiger partial charge on any atom is -0.508 e. The number of phenols is 1. The fraction of sp³-hybridized carbons (Fsp3) is 0.217. The number of benzene rings is 3. The lowest BCUT2D eigenvalue weighted by Crippen LogP contribution is -2.40. The Labute approximate surface area is 166 Å². The van der Waals surface area contributed by atoms with Crippen LogP contribution in [0.3, 0.4) is 0 Å². The van der Waals surface area contributed by atoms with Crippen molar-refractivity contribution < 1.29 is 13.5 Å². The second-order valence-electron chi connectivity index (χ2n) is 7.23. The molecule has 4 rings (SSSR count). The fourth-order valence-corrected chi connectivity index (χ4v) is 5.69. The van der Waals surface area contributed by atoms with Crippen molar-refractivity contribution in [3.05, 3.63) is 78.4 Å². The van der Waals surface area contributed by atoms with Crippen LogP contribution in [0.25, 0.3) is 11.1 Å². The summed E-state index contributed by atoms with van der Waals surface area (Å²) in [6, 6.07) is 21.2. The average molecular weight is 394 g/mol. The van der Waals surface area contributed by atoms with E-state index in [1.165, 1.54) is 24.3 Å². The average Bonchev–Trinajstić information content (AvgIpc) is 2.72. The summed E-state index contributed by atoms with van der Waals surface area (Å²) in [5.74, 6) is 0.170. The van der Waals surface area contributed by atoms with Crippen LogP contribution < -0.4 is 4.31 Å². The molecule has 28 heavy (non-hydrogen) atoms. The Hall–Kier alpha value is -2.79. The Morgan fingerprint density at radius 1 is 0.929 bits per heavy atom. The van der Waals surface area contributed by atoms with Gasteiger partial charge in [-0.2, -0.15) is 0 Å². The molecule has 1 aliphatic heterocycles. The molecule has 5 heteroatoms.